The lowest BCUT2D eigenvalue weighted by Crippen LogP contribution is -2.05. The number of rotatable bonds is 4. The molecule has 1 amide bonds. The Morgan fingerprint density at radius 1 is 1.60 bits per heavy atom. The van der Waals surface area contributed by atoms with Crippen LogP contribution in [0.3, 0.4) is 0 Å². The number of aliphatic hydroxyl groups excluding tert-OH is 1. The lowest BCUT2D eigenvalue weighted by Gasteiger charge is -2.06. The molecule has 15 heavy (non-hydrogen) atoms. The van der Waals surface area contributed by atoms with Crippen molar-refractivity contribution < 1.29 is 14.6 Å². The van der Waals surface area contributed by atoms with Gasteiger partial charge in [-0.3, -0.25) is 4.79 Å². The van der Waals surface area contributed by atoms with Gasteiger partial charge in [0.1, 0.15) is 5.75 Å². The van der Waals surface area contributed by atoms with Crippen LogP contribution in [0.15, 0.2) is 24.3 Å². The van der Waals surface area contributed by atoms with Gasteiger partial charge in [-0.25, -0.2) is 0 Å². The third-order valence-electron chi connectivity index (χ3n) is 1.90. The molecule has 0 unspecified atom stereocenters. The molecule has 0 aliphatic heterocycles. The van der Waals surface area contributed by atoms with Crippen molar-refractivity contribution in [2.45, 2.75) is 6.61 Å². The van der Waals surface area contributed by atoms with E-state index in [1.807, 2.05) is 0 Å². The number of nitrogens with two attached hydrogens (primary N) is 1. The Kier molecular flexibility index (Phi) is 3.88. The van der Waals surface area contributed by atoms with Crippen LogP contribution in [0.2, 0.25) is 0 Å². The van der Waals surface area contributed by atoms with Gasteiger partial charge in [0.25, 0.3) is 0 Å². The van der Waals surface area contributed by atoms with Gasteiger partial charge in [0, 0.05) is 11.6 Å². The maximum atomic E-state index is 10.6. The first-order chi connectivity index (χ1) is 7.17. The number of amides is 1. The Bertz CT molecular complexity index is 385. The fraction of sp³-hybridized carbons (Fsp3) is 0.182. The molecule has 4 nitrogen and oxygen atoms in total. The SMILES string of the molecule is COc1ccc(CO)cc1C=CC(N)=O. The van der Waals surface area contributed by atoms with E-state index < -0.39 is 5.91 Å². The molecule has 0 fully saturated rings. The summed E-state index contributed by atoms with van der Waals surface area (Å²) in [7, 11) is 1.54. The van der Waals surface area contributed by atoms with E-state index in [0.717, 1.165) is 5.56 Å². The first-order valence-electron chi connectivity index (χ1n) is 4.42. The van der Waals surface area contributed by atoms with E-state index in [0.29, 0.717) is 11.3 Å². The molecule has 0 bridgehead atoms. The molecule has 4 heteroatoms. The van der Waals surface area contributed by atoms with Gasteiger partial charge in [0.05, 0.1) is 13.7 Å². The molecule has 3 N–H and O–H groups in total. The largest absolute Gasteiger partial charge is 0.496 e. The molecule has 0 atom stereocenters. The minimum atomic E-state index is -0.522. The number of carbonyl (C=O) groups is 1. The predicted molar refractivity (Wildman–Crippen MR) is 57.1 cm³/mol. The van der Waals surface area contributed by atoms with E-state index in [1.165, 1.54) is 13.2 Å². The maximum Gasteiger partial charge on any atom is 0.241 e. The molecule has 0 aromatic heterocycles. The number of methoxy groups -OCH3 is 1. The Morgan fingerprint density at radius 3 is 2.87 bits per heavy atom. The Labute approximate surface area is 88.0 Å². The predicted octanol–water partition coefficient (Wildman–Crippen LogP) is 0.686. The first-order valence-corrected chi connectivity index (χ1v) is 4.42. The maximum absolute atomic E-state index is 10.6. The minimum Gasteiger partial charge on any atom is -0.496 e. The second kappa shape index (κ2) is 5.17. The van der Waals surface area contributed by atoms with Crippen molar-refractivity contribution in [3.05, 3.63) is 35.4 Å². The zero-order chi connectivity index (χ0) is 11.3. The van der Waals surface area contributed by atoms with Crippen molar-refractivity contribution in [2.24, 2.45) is 5.73 Å². The lowest BCUT2D eigenvalue weighted by molar-refractivity contribution is -0.113. The van der Waals surface area contributed by atoms with Crippen LogP contribution < -0.4 is 10.5 Å². The van der Waals surface area contributed by atoms with E-state index in [9.17, 15) is 4.79 Å². The standard InChI is InChI=1S/C11H13NO3/c1-15-10-4-2-8(7-13)6-9(10)3-5-11(12)14/h2-6,13H,7H2,1H3,(H2,12,14). The van der Waals surface area contributed by atoms with Gasteiger partial charge < -0.3 is 15.6 Å². The quantitative estimate of drug-likeness (QED) is 0.713. The van der Waals surface area contributed by atoms with Gasteiger partial charge in [-0.1, -0.05) is 6.07 Å². The average Bonchev–Trinajstić information content (AvgIpc) is 2.25. The monoisotopic (exact) mass is 207 g/mol. The third kappa shape index (κ3) is 3.11. The van der Waals surface area contributed by atoms with Crippen LogP contribution in [0.5, 0.6) is 5.75 Å². The highest BCUT2D eigenvalue weighted by atomic mass is 16.5. The molecule has 0 saturated heterocycles. The van der Waals surface area contributed by atoms with E-state index in [-0.39, 0.29) is 6.61 Å². The zero-order valence-electron chi connectivity index (χ0n) is 8.43. The molecule has 0 aliphatic carbocycles. The lowest BCUT2D eigenvalue weighted by atomic mass is 10.1. The fourth-order valence-corrected chi connectivity index (χ4v) is 1.18. The number of primary amides is 1. The molecular weight excluding hydrogens is 194 g/mol. The number of benzene rings is 1. The van der Waals surface area contributed by atoms with Crippen LogP contribution in [0, 0.1) is 0 Å². The summed E-state index contributed by atoms with van der Waals surface area (Å²) in [5, 5.41) is 8.95. The van der Waals surface area contributed by atoms with Crippen LogP contribution >= 0.6 is 0 Å². The highest BCUT2D eigenvalue weighted by molar-refractivity contribution is 5.90. The summed E-state index contributed by atoms with van der Waals surface area (Å²) in [6.45, 7) is -0.0542. The molecule has 1 aromatic carbocycles. The Hall–Kier alpha value is -1.81. The third-order valence-corrected chi connectivity index (χ3v) is 1.90. The summed E-state index contributed by atoms with van der Waals surface area (Å²) in [5.41, 5.74) is 6.45. The van der Waals surface area contributed by atoms with E-state index >= 15 is 0 Å². The minimum absolute atomic E-state index is 0.0542. The van der Waals surface area contributed by atoms with Crippen molar-refractivity contribution in [3.8, 4) is 5.75 Å². The summed E-state index contributed by atoms with van der Waals surface area (Å²) < 4.78 is 5.09. The van der Waals surface area contributed by atoms with Crippen molar-refractivity contribution in [3.63, 3.8) is 0 Å². The normalized spacial score (nSPS) is 10.5. The number of carbonyl (C=O) groups excluding carboxylic acids is 1. The molecule has 0 heterocycles. The highest BCUT2D eigenvalue weighted by Crippen LogP contribution is 2.21. The van der Waals surface area contributed by atoms with Gasteiger partial charge in [-0.05, 0) is 23.8 Å². The smallest absolute Gasteiger partial charge is 0.241 e. The van der Waals surface area contributed by atoms with Gasteiger partial charge in [-0.2, -0.15) is 0 Å². The summed E-state index contributed by atoms with van der Waals surface area (Å²) >= 11 is 0. The molecule has 0 aliphatic rings. The summed E-state index contributed by atoms with van der Waals surface area (Å²) in [6, 6.07) is 5.21. The summed E-state index contributed by atoms with van der Waals surface area (Å²) in [5.74, 6) is 0.108. The molecule has 1 rings (SSSR count). The van der Waals surface area contributed by atoms with Gasteiger partial charge in [-0.15, -0.1) is 0 Å². The van der Waals surface area contributed by atoms with Gasteiger partial charge >= 0.3 is 0 Å². The van der Waals surface area contributed by atoms with Gasteiger partial charge in [0.15, 0.2) is 0 Å². The Balaban J connectivity index is 3.06. The number of aliphatic hydroxyl groups is 1. The zero-order valence-corrected chi connectivity index (χ0v) is 8.43. The molecule has 0 saturated carbocycles. The summed E-state index contributed by atoms with van der Waals surface area (Å²) in [6.07, 6.45) is 2.80. The van der Waals surface area contributed by atoms with Crippen molar-refractivity contribution in [1.82, 2.24) is 0 Å². The van der Waals surface area contributed by atoms with E-state index in [1.54, 1.807) is 24.3 Å². The van der Waals surface area contributed by atoms with Crippen molar-refractivity contribution >= 4 is 12.0 Å². The van der Waals surface area contributed by atoms with Crippen molar-refractivity contribution in [1.29, 1.82) is 0 Å². The van der Waals surface area contributed by atoms with E-state index in [4.69, 9.17) is 15.6 Å². The molecule has 80 valence electrons. The highest BCUT2D eigenvalue weighted by Gasteiger charge is 2.01. The van der Waals surface area contributed by atoms with Crippen LogP contribution in [0.4, 0.5) is 0 Å². The van der Waals surface area contributed by atoms with Crippen molar-refractivity contribution in [2.75, 3.05) is 7.11 Å². The van der Waals surface area contributed by atoms with E-state index in [2.05, 4.69) is 0 Å². The fourth-order valence-electron chi connectivity index (χ4n) is 1.18. The average molecular weight is 207 g/mol. The topological polar surface area (TPSA) is 72.6 Å². The molecule has 0 spiro atoms. The second-order valence-corrected chi connectivity index (χ2v) is 2.97. The number of hydrogen-bond acceptors (Lipinski definition) is 3. The summed E-state index contributed by atoms with van der Waals surface area (Å²) in [4.78, 5) is 10.6. The number of ether oxygens (including phenoxy) is 1. The molecular formula is C11H13NO3. The Morgan fingerprint density at radius 2 is 2.33 bits per heavy atom. The van der Waals surface area contributed by atoms with Gasteiger partial charge in [0.2, 0.25) is 5.91 Å². The van der Waals surface area contributed by atoms with Crippen LogP contribution in [-0.4, -0.2) is 18.1 Å². The molecule has 0 radical (unpaired) electrons. The van der Waals surface area contributed by atoms with Crippen LogP contribution in [0.1, 0.15) is 11.1 Å². The molecule has 1 aromatic rings. The first kappa shape index (κ1) is 11.3. The second-order valence-electron chi connectivity index (χ2n) is 2.97. The number of hydrogen-bond donors (Lipinski definition) is 2. The van der Waals surface area contributed by atoms with Crippen LogP contribution in [-0.2, 0) is 11.4 Å². The van der Waals surface area contributed by atoms with Crippen LogP contribution in [0.25, 0.3) is 6.08 Å².